The molecular weight excluding hydrogens is 465 g/mol. The molecule has 178 valence electrons. The smallest absolute Gasteiger partial charge is 0.419 e. The number of nitrogens with zero attached hydrogens (tertiary/aromatic N) is 2. The highest BCUT2D eigenvalue weighted by Crippen LogP contribution is 2.39. The predicted molar refractivity (Wildman–Crippen MR) is 114 cm³/mol. The summed E-state index contributed by atoms with van der Waals surface area (Å²) in [6.45, 7) is -0.273. The zero-order valence-corrected chi connectivity index (χ0v) is 18.2. The Morgan fingerprint density at radius 2 is 1.79 bits per heavy atom. The molecule has 2 aromatic carbocycles. The summed E-state index contributed by atoms with van der Waals surface area (Å²) in [5.74, 6) is -2.09. The number of hydrogen-bond donors (Lipinski definition) is 2. The molecule has 0 saturated heterocycles. The molecule has 3 N–H and O–H groups in total. The third kappa shape index (κ3) is 6.68. The molecule has 0 aliphatic carbocycles. The fraction of sp³-hybridized carbons (Fsp3) is 0.364. The van der Waals surface area contributed by atoms with Crippen LogP contribution in [0.5, 0.6) is 5.75 Å². The summed E-state index contributed by atoms with van der Waals surface area (Å²) in [5.41, 5.74) is 5.62. The monoisotopic (exact) mass is 487 g/mol. The molecule has 0 saturated carbocycles. The number of aliphatic hydroxyl groups is 1. The lowest BCUT2D eigenvalue weighted by molar-refractivity contribution is -0.138. The lowest BCUT2D eigenvalue weighted by Gasteiger charge is -2.15. The van der Waals surface area contributed by atoms with Crippen molar-refractivity contribution in [2.45, 2.75) is 37.9 Å². The molecular formula is C22H22F5N3O2S. The van der Waals surface area contributed by atoms with Gasteiger partial charge in [-0.2, -0.15) is 13.2 Å². The van der Waals surface area contributed by atoms with E-state index >= 15 is 0 Å². The first-order chi connectivity index (χ1) is 15.7. The topological polar surface area (TPSA) is 81.3 Å². The van der Waals surface area contributed by atoms with Gasteiger partial charge in [-0.05, 0) is 61.6 Å². The van der Waals surface area contributed by atoms with Crippen molar-refractivity contribution in [2.24, 2.45) is 5.73 Å². The van der Waals surface area contributed by atoms with Gasteiger partial charge in [0.15, 0.2) is 11.6 Å². The van der Waals surface area contributed by atoms with Crippen LogP contribution in [0.4, 0.5) is 22.0 Å². The highest BCUT2D eigenvalue weighted by atomic mass is 32.1. The van der Waals surface area contributed by atoms with E-state index in [1.165, 1.54) is 18.2 Å². The minimum Gasteiger partial charge on any atom is -0.493 e. The molecule has 11 heteroatoms. The van der Waals surface area contributed by atoms with Gasteiger partial charge in [-0.15, -0.1) is 10.2 Å². The highest BCUT2D eigenvalue weighted by molar-refractivity contribution is 7.14. The van der Waals surface area contributed by atoms with Crippen LogP contribution in [0.25, 0.3) is 10.6 Å². The first kappa shape index (κ1) is 25.0. The van der Waals surface area contributed by atoms with Crippen LogP contribution in [0.3, 0.4) is 0 Å². The summed E-state index contributed by atoms with van der Waals surface area (Å²) in [4.78, 5) is 0. The minimum absolute atomic E-state index is 0.0779. The van der Waals surface area contributed by atoms with Crippen molar-refractivity contribution in [1.82, 2.24) is 10.2 Å². The minimum atomic E-state index is -4.63. The number of unbranched alkanes of at least 4 members (excludes halogenated alkanes) is 2. The number of ether oxygens (including phenoxy) is 1. The molecule has 0 aliphatic rings. The van der Waals surface area contributed by atoms with Crippen LogP contribution < -0.4 is 10.5 Å². The summed E-state index contributed by atoms with van der Waals surface area (Å²) >= 11 is 1.01. The van der Waals surface area contributed by atoms with Crippen molar-refractivity contribution in [3.8, 4) is 16.3 Å². The average molecular weight is 487 g/mol. The van der Waals surface area contributed by atoms with E-state index in [1.54, 1.807) is 0 Å². The largest absolute Gasteiger partial charge is 0.493 e. The maximum Gasteiger partial charge on any atom is 0.419 e. The zero-order chi connectivity index (χ0) is 24.0. The van der Waals surface area contributed by atoms with Gasteiger partial charge in [0.1, 0.15) is 15.8 Å². The molecule has 1 heterocycles. The quantitative estimate of drug-likeness (QED) is 0.300. The molecule has 0 aliphatic heterocycles. The Bertz CT molecular complexity index is 1070. The molecule has 33 heavy (non-hydrogen) atoms. The SMILES string of the molecule is NC(CO)c1nnc(-c2ccc(OCCCCCc3ccc(F)c(F)c3)c(C(F)(F)F)c2)s1. The van der Waals surface area contributed by atoms with Crippen molar-refractivity contribution < 1.29 is 31.8 Å². The second kappa shape index (κ2) is 11.0. The van der Waals surface area contributed by atoms with E-state index in [2.05, 4.69) is 10.2 Å². The van der Waals surface area contributed by atoms with E-state index in [4.69, 9.17) is 15.6 Å². The van der Waals surface area contributed by atoms with Crippen molar-refractivity contribution in [2.75, 3.05) is 13.2 Å². The number of benzene rings is 2. The summed E-state index contributed by atoms with van der Waals surface area (Å²) in [7, 11) is 0. The van der Waals surface area contributed by atoms with Crippen molar-refractivity contribution in [1.29, 1.82) is 0 Å². The number of rotatable bonds is 10. The number of aliphatic hydroxyl groups excluding tert-OH is 1. The molecule has 0 bridgehead atoms. The van der Waals surface area contributed by atoms with Crippen molar-refractivity contribution in [3.05, 3.63) is 64.2 Å². The summed E-state index contributed by atoms with van der Waals surface area (Å²) < 4.78 is 72.3. The molecule has 0 fully saturated rings. The lowest BCUT2D eigenvalue weighted by Crippen LogP contribution is -2.13. The van der Waals surface area contributed by atoms with Crippen LogP contribution in [0.2, 0.25) is 0 Å². The van der Waals surface area contributed by atoms with E-state index < -0.39 is 29.4 Å². The van der Waals surface area contributed by atoms with Crippen LogP contribution in [0, 0.1) is 11.6 Å². The average Bonchev–Trinajstić information content (AvgIpc) is 3.27. The number of aromatic nitrogens is 2. The molecule has 1 aromatic heterocycles. The standard InChI is InChI=1S/C22H22F5N3O2S/c23-16-7-5-13(10-17(16)24)4-2-1-3-9-32-19-8-6-14(11-15(19)22(25,26)27)20-29-30-21(33-20)18(28)12-31/h5-8,10-11,18,31H,1-4,9,12,28H2. The van der Waals surface area contributed by atoms with Gasteiger partial charge in [0.2, 0.25) is 0 Å². The molecule has 0 spiro atoms. The fourth-order valence-corrected chi connectivity index (χ4v) is 3.91. The van der Waals surface area contributed by atoms with Gasteiger partial charge < -0.3 is 15.6 Å². The van der Waals surface area contributed by atoms with Crippen LogP contribution in [0.1, 0.15) is 41.4 Å². The summed E-state index contributed by atoms with van der Waals surface area (Å²) in [6.07, 6.45) is -2.29. The lowest BCUT2D eigenvalue weighted by atomic mass is 10.1. The van der Waals surface area contributed by atoms with Crippen LogP contribution >= 0.6 is 11.3 Å². The molecule has 0 radical (unpaired) electrons. The van der Waals surface area contributed by atoms with Gasteiger partial charge in [-0.1, -0.05) is 17.4 Å². The van der Waals surface area contributed by atoms with Crippen molar-refractivity contribution in [3.63, 3.8) is 0 Å². The molecule has 3 aromatic rings. The van der Waals surface area contributed by atoms with E-state index in [0.29, 0.717) is 36.3 Å². The Labute approximate surface area is 191 Å². The van der Waals surface area contributed by atoms with Gasteiger partial charge >= 0.3 is 6.18 Å². The van der Waals surface area contributed by atoms with E-state index in [9.17, 15) is 22.0 Å². The van der Waals surface area contributed by atoms with Crippen LogP contribution in [-0.2, 0) is 12.6 Å². The number of nitrogens with two attached hydrogens (primary N) is 1. The number of hydrogen-bond acceptors (Lipinski definition) is 6. The number of aryl methyl sites for hydroxylation is 1. The maximum absolute atomic E-state index is 13.6. The third-order valence-electron chi connectivity index (χ3n) is 4.84. The Morgan fingerprint density at radius 3 is 2.48 bits per heavy atom. The first-order valence-corrected chi connectivity index (χ1v) is 11.0. The maximum atomic E-state index is 13.6. The fourth-order valence-electron chi connectivity index (χ4n) is 3.07. The van der Waals surface area contributed by atoms with Gasteiger partial charge in [-0.25, -0.2) is 8.78 Å². The Kier molecular flexibility index (Phi) is 8.33. The Hall–Kier alpha value is -2.63. The van der Waals surface area contributed by atoms with E-state index in [1.807, 2.05) is 0 Å². The third-order valence-corrected chi connectivity index (χ3v) is 5.94. The highest BCUT2D eigenvalue weighted by Gasteiger charge is 2.35. The van der Waals surface area contributed by atoms with E-state index in [0.717, 1.165) is 29.5 Å². The first-order valence-electron chi connectivity index (χ1n) is 10.2. The normalized spacial score (nSPS) is 12.7. The van der Waals surface area contributed by atoms with Gasteiger partial charge in [0.05, 0.1) is 24.8 Å². The molecule has 0 amide bonds. The van der Waals surface area contributed by atoms with Gasteiger partial charge in [0, 0.05) is 5.56 Å². The second-order valence-corrected chi connectivity index (χ2v) is 8.36. The molecule has 3 rings (SSSR count). The summed E-state index contributed by atoms with van der Waals surface area (Å²) in [6, 6.07) is 6.62. The molecule has 5 nitrogen and oxygen atoms in total. The zero-order valence-electron chi connectivity index (χ0n) is 17.4. The molecule has 1 atom stereocenters. The number of alkyl halides is 3. The van der Waals surface area contributed by atoms with E-state index in [-0.39, 0.29) is 29.5 Å². The van der Waals surface area contributed by atoms with Crippen molar-refractivity contribution >= 4 is 11.3 Å². The number of halogens is 5. The Morgan fingerprint density at radius 1 is 1.00 bits per heavy atom. The van der Waals surface area contributed by atoms with Crippen LogP contribution in [0.15, 0.2) is 36.4 Å². The van der Waals surface area contributed by atoms with Gasteiger partial charge in [0.25, 0.3) is 0 Å². The Balaban J connectivity index is 1.58. The van der Waals surface area contributed by atoms with Crippen LogP contribution in [-0.4, -0.2) is 28.5 Å². The predicted octanol–water partition coefficient (Wildman–Crippen LogP) is 5.29. The second-order valence-electron chi connectivity index (χ2n) is 7.35. The van der Waals surface area contributed by atoms with Gasteiger partial charge in [-0.3, -0.25) is 0 Å². The molecule has 1 unspecified atom stereocenters. The summed E-state index contributed by atoms with van der Waals surface area (Å²) in [5, 5.41) is 17.3.